The van der Waals surface area contributed by atoms with E-state index in [1.165, 1.54) is 10.4 Å². The van der Waals surface area contributed by atoms with Crippen molar-refractivity contribution in [2.45, 2.75) is 30.2 Å². The fraction of sp³-hybridized carbons (Fsp3) is 0.636. The van der Waals surface area contributed by atoms with Crippen LogP contribution < -0.4 is 0 Å². The molecule has 0 N–H and O–H groups in total. The third kappa shape index (κ3) is 2.42. The molecule has 1 saturated heterocycles. The summed E-state index contributed by atoms with van der Waals surface area (Å²) in [6.07, 6.45) is 0.689. The Morgan fingerprint density at radius 2 is 2.33 bits per heavy atom. The first kappa shape index (κ1) is 13.9. The third-order valence-corrected chi connectivity index (χ3v) is 5.35. The van der Waals surface area contributed by atoms with Crippen molar-refractivity contribution in [3.05, 3.63) is 17.6 Å². The standard InChI is InChI=1S/C11H16ClNO4S/c1-8-11(5-10(6-12)17-8)18(14,15)13-4-3-9(7-13)16-2/h5,9H,3-4,6-7H2,1-2H3. The van der Waals surface area contributed by atoms with Gasteiger partial charge in [-0.2, -0.15) is 4.31 Å². The first-order valence-electron chi connectivity index (χ1n) is 5.67. The number of methoxy groups -OCH3 is 1. The molecule has 0 spiro atoms. The van der Waals surface area contributed by atoms with Crippen LogP contribution in [0.2, 0.25) is 0 Å². The average molecular weight is 294 g/mol. The third-order valence-electron chi connectivity index (χ3n) is 3.11. The monoisotopic (exact) mass is 293 g/mol. The van der Waals surface area contributed by atoms with Crippen molar-refractivity contribution < 1.29 is 17.6 Å². The van der Waals surface area contributed by atoms with Gasteiger partial charge in [-0.05, 0) is 13.3 Å². The SMILES string of the molecule is COC1CCN(S(=O)(=O)c2cc(CCl)oc2C)C1. The number of ether oxygens (including phenoxy) is 1. The number of halogens is 1. The lowest BCUT2D eigenvalue weighted by Crippen LogP contribution is -2.30. The molecule has 1 atom stereocenters. The Labute approximate surface area is 112 Å². The highest BCUT2D eigenvalue weighted by Gasteiger charge is 2.34. The topological polar surface area (TPSA) is 59.8 Å². The summed E-state index contributed by atoms with van der Waals surface area (Å²) in [5.41, 5.74) is 0. The second-order valence-electron chi connectivity index (χ2n) is 4.28. The highest BCUT2D eigenvalue weighted by Crippen LogP contribution is 2.27. The van der Waals surface area contributed by atoms with E-state index in [0.717, 1.165) is 6.42 Å². The molecule has 0 aliphatic carbocycles. The molecular weight excluding hydrogens is 278 g/mol. The molecule has 1 aliphatic heterocycles. The van der Waals surface area contributed by atoms with E-state index in [-0.39, 0.29) is 16.9 Å². The number of hydrogen-bond donors (Lipinski definition) is 0. The van der Waals surface area contributed by atoms with Crippen LogP contribution in [0.3, 0.4) is 0 Å². The van der Waals surface area contributed by atoms with Gasteiger partial charge in [-0.15, -0.1) is 11.6 Å². The summed E-state index contributed by atoms with van der Waals surface area (Å²) < 4.78 is 36.7. The molecule has 2 rings (SSSR count). The smallest absolute Gasteiger partial charge is 0.246 e. The Morgan fingerprint density at radius 1 is 1.61 bits per heavy atom. The fourth-order valence-corrected chi connectivity index (χ4v) is 3.90. The Bertz CT molecular complexity index is 525. The first-order valence-corrected chi connectivity index (χ1v) is 7.64. The van der Waals surface area contributed by atoms with Gasteiger partial charge in [0.05, 0.1) is 12.0 Å². The lowest BCUT2D eigenvalue weighted by atomic mass is 10.3. The Balaban J connectivity index is 2.28. The van der Waals surface area contributed by atoms with Crippen molar-refractivity contribution in [1.82, 2.24) is 4.31 Å². The van der Waals surface area contributed by atoms with E-state index < -0.39 is 10.0 Å². The van der Waals surface area contributed by atoms with Crippen LogP contribution in [0.5, 0.6) is 0 Å². The zero-order chi connectivity index (χ0) is 13.3. The minimum absolute atomic E-state index is 0.0283. The summed E-state index contributed by atoms with van der Waals surface area (Å²) >= 11 is 5.65. The maximum Gasteiger partial charge on any atom is 0.246 e. The van der Waals surface area contributed by atoms with Gasteiger partial charge in [-0.1, -0.05) is 0 Å². The number of alkyl halides is 1. The minimum atomic E-state index is -3.50. The van der Waals surface area contributed by atoms with Gasteiger partial charge < -0.3 is 9.15 Å². The van der Waals surface area contributed by atoms with Crippen LogP contribution in [0.25, 0.3) is 0 Å². The van der Waals surface area contributed by atoms with E-state index in [1.54, 1.807) is 14.0 Å². The van der Waals surface area contributed by atoms with E-state index in [2.05, 4.69) is 0 Å². The molecule has 0 bridgehead atoms. The average Bonchev–Trinajstić information content (AvgIpc) is 2.95. The zero-order valence-corrected chi connectivity index (χ0v) is 11.9. The summed E-state index contributed by atoms with van der Waals surface area (Å²) in [5, 5.41) is 0. The van der Waals surface area contributed by atoms with Crippen molar-refractivity contribution in [1.29, 1.82) is 0 Å². The molecule has 102 valence electrons. The normalized spacial score (nSPS) is 21.6. The van der Waals surface area contributed by atoms with Gasteiger partial charge in [0.2, 0.25) is 10.0 Å². The molecule has 0 saturated carbocycles. The second-order valence-corrected chi connectivity index (χ2v) is 6.45. The summed E-state index contributed by atoms with van der Waals surface area (Å²) in [5.74, 6) is 1.01. The van der Waals surface area contributed by atoms with E-state index in [0.29, 0.717) is 24.6 Å². The number of nitrogens with zero attached hydrogens (tertiary/aromatic N) is 1. The molecule has 1 aliphatic rings. The van der Waals surface area contributed by atoms with Gasteiger partial charge in [0.15, 0.2) is 0 Å². The number of aryl methyl sites for hydroxylation is 1. The number of furan rings is 1. The Hall–Kier alpha value is -0.560. The van der Waals surface area contributed by atoms with Gasteiger partial charge in [0, 0.05) is 26.3 Å². The molecular formula is C11H16ClNO4S. The first-order chi connectivity index (χ1) is 8.48. The van der Waals surface area contributed by atoms with Crippen LogP contribution in [0.4, 0.5) is 0 Å². The lowest BCUT2D eigenvalue weighted by molar-refractivity contribution is 0.115. The molecule has 1 aromatic heterocycles. The molecule has 5 nitrogen and oxygen atoms in total. The zero-order valence-electron chi connectivity index (χ0n) is 10.3. The molecule has 18 heavy (non-hydrogen) atoms. The highest BCUT2D eigenvalue weighted by molar-refractivity contribution is 7.89. The predicted octanol–water partition coefficient (Wildman–Crippen LogP) is 1.74. The molecule has 2 heterocycles. The molecule has 0 aromatic carbocycles. The Morgan fingerprint density at radius 3 is 2.83 bits per heavy atom. The molecule has 7 heteroatoms. The quantitative estimate of drug-likeness (QED) is 0.793. The fourth-order valence-electron chi connectivity index (χ4n) is 2.09. The summed E-state index contributed by atoms with van der Waals surface area (Å²) in [6.45, 7) is 2.49. The van der Waals surface area contributed by atoms with Crippen LogP contribution in [-0.4, -0.2) is 39.0 Å². The van der Waals surface area contributed by atoms with Crippen LogP contribution in [0.1, 0.15) is 17.9 Å². The molecule has 0 amide bonds. The van der Waals surface area contributed by atoms with Gasteiger partial charge >= 0.3 is 0 Å². The predicted molar refractivity (Wildman–Crippen MR) is 67.2 cm³/mol. The summed E-state index contributed by atoms with van der Waals surface area (Å²) in [7, 11) is -1.91. The lowest BCUT2D eigenvalue weighted by Gasteiger charge is -2.15. The molecule has 0 radical (unpaired) electrons. The maximum absolute atomic E-state index is 12.4. The van der Waals surface area contributed by atoms with Crippen molar-refractivity contribution in [3.8, 4) is 0 Å². The van der Waals surface area contributed by atoms with Crippen molar-refractivity contribution in [2.24, 2.45) is 0 Å². The van der Waals surface area contributed by atoms with Crippen molar-refractivity contribution in [3.63, 3.8) is 0 Å². The van der Waals surface area contributed by atoms with Crippen LogP contribution in [0.15, 0.2) is 15.4 Å². The van der Waals surface area contributed by atoms with E-state index >= 15 is 0 Å². The van der Waals surface area contributed by atoms with E-state index in [4.69, 9.17) is 20.8 Å². The van der Waals surface area contributed by atoms with Gasteiger partial charge in [-0.25, -0.2) is 8.42 Å². The summed E-state index contributed by atoms with van der Waals surface area (Å²) in [4.78, 5) is 0.204. The van der Waals surface area contributed by atoms with Gasteiger partial charge in [0.25, 0.3) is 0 Å². The summed E-state index contributed by atoms with van der Waals surface area (Å²) in [6, 6.07) is 1.50. The maximum atomic E-state index is 12.4. The van der Waals surface area contributed by atoms with E-state index in [1.807, 2.05) is 0 Å². The highest BCUT2D eigenvalue weighted by atomic mass is 35.5. The minimum Gasteiger partial charge on any atom is -0.464 e. The number of sulfonamides is 1. The van der Waals surface area contributed by atoms with E-state index in [9.17, 15) is 8.42 Å². The van der Waals surface area contributed by atoms with Crippen LogP contribution in [-0.2, 0) is 20.6 Å². The van der Waals surface area contributed by atoms with Crippen molar-refractivity contribution in [2.75, 3.05) is 20.2 Å². The number of hydrogen-bond acceptors (Lipinski definition) is 4. The van der Waals surface area contributed by atoms with Crippen LogP contribution >= 0.6 is 11.6 Å². The van der Waals surface area contributed by atoms with Crippen LogP contribution in [0, 0.1) is 6.92 Å². The molecule has 1 fully saturated rings. The molecule has 1 unspecified atom stereocenters. The van der Waals surface area contributed by atoms with Crippen molar-refractivity contribution >= 4 is 21.6 Å². The van der Waals surface area contributed by atoms with Gasteiger partial charge in [-0.3, -0.25) is 0 Å². The second kappa shape index (κ2) is 5.21. The van der Waals surface area contributed by atoms with Gasteiger partial charge in [0.1, 0.15) is 16.4 Å². The number of rotatable bonds is 4. The Kier molecular flexibility index (Phi) is 4.01. The molecule has 1 aromatic rings. The largest absolute Gasteiger partial charge is 0.464 e.